The summed E-state index contributed by atoms with van der Waals surface area (Å²) in [7, 11) is 2.11. The Hall–Kier alpha value is -1.33. The van der Waals surface area contributed by atoms with Crippen LogP contribution in [0.5, 0.6) is 0 Å². The Bertz CT molecular complexity index is 452. The predicted octanol–water partition coefficient (Wildman–Crippen LogP) is 2.97. The van der Waals surface area contributed by atoms with Gasteiger partial charge < -0.3 is 15.3 Å². The van der Waals surface area contributed by atoms with E-state index in [0.29, 0.717) is 11.9 Å². The summed E-state index contributed by atoms with van der Waals surface area (Å²) in [5, 5.41) is 12.2. The fraction of sp³-hybridized carbons (Fsp3) is 0.571. The highest BCUT2D eigenvalue weighted by atomic mass is 35.5. The molecule has 0 aliphatic carbocycles. The fourth-order valence-electron chi connectivity index (χ4n) is 1.66. The quantitative estimate of drug-likeness (QED) is 0.723. The number of halogens is 1. The molecule has 2 N–H and O–H groups in total. The highest BCUT2D eigenvalue weighted by molar-refractivity contribution is 6.33. The molecule has 0 aliphatic rings. The van der Waals surface area contributed by atoms with Crippen LogP contribution in [0.15, 0.2) is 12.3 Å². The Balaban J connectivity index is 2.36. The zero-order chi connectivity index (χ0) is 15.1. The standard InChI is InChI=1S/C14H22ClN3O2/c1-10(2)18(3)7-5-4-6-16-13-8-11(14(19)20)12(15)9-17-13/h8-10H,4-7H2,1-3H3,(H,16,17)(H,19,20). The van der Waals surface area contributed by atoms with Gasteiger partial charge in [-0.1, -0.05) is 11.6 Å². The minimum absolute atomic E-state index is 0.0729. The van der Waals surface area contributed by atoms with Crippen molar-refractivity contribution in [2.75, 3.05) is 25.5 Å². The van der Waals surface area contributed by atoms with E-state index >= 15 is 0 Å². The topological polar surface area (TPSA) is 65.5 Å². The molecule has 1 rings (SSSR count). The number of nitrogens with one attached hydrogen (secondary N) is 1. The number of rotatable bonds is 8. The molecule has 0 fully saturated rings. The van der Waals surface area contributed by atoms with Crippen LogP contribution < -0.4 is 5.32 Å². The lowest BCUT2D eigenvalue weighted by molar-refractivity contribution is 0.0697. The minimum Gasteiger partial charge on any atom is -0.478 e. The van der Waals surface area contributed by atoms with Crippen LogP contribution in [0.2, 0.25) is 5.02 Å². The number of carboxylic acids is 1. The summed E-state index contributed by atoms with van der Waals surface area (Å²) in [6.07, 6.45) is 3.45. The van der Waals surface area contributed by atoms with Crippen molar-refractivity contribution in [3.63, 3.8) is 0 Å². The van der Waals surface area contributed by atoms with Crippen molar-refractivity contribution in [3.05, 3.63) is 22.8 Å². The Morgan fingerprint density at radius 3 is 2.80 bits per heavy atom. The van der Waals surface area contributed by atoms with Gasteiger partial charge in [0.05, 0.1) is 10.6 Å². The van der Waals surface area contributed by atoms with Crippen molar-refractivity contribution in [3.8, 4) is 0 Å². The van der Waals surface area contributed by atoms with Crippen molar-refractivity contribution in [1.29, 1.82) is 0 Å². The zero-order valence-electron chi connectivity index (χ0n) is 12.2. The number of carbonyl (C=O) groups is 1. The van der Waals surface area contributed by atoms with Gasteiger partial charge >= 0.3 is 5.97 Å². The molecule has 1 heterocycles. The maximum atomic E-state index is 10.9. The second-order valence-corrected chi connectivity index (χ2v) is 5.47. The van der Waals surface area contributed by atoms with E-state index in [1.807, 2.05) is 0 Å². The number of aromatic nitrogens is 1. The Morgan fingerprint density at radius 1 is 1.50 bits per heavy atom. The van der Waals surface area contributed by atoms with Crippen LogP contribution in [0, 0.1) is 0 Å². The third kappa shape index (κ3) is 5.35. The van der Waals surface area contributed by atoms with Gasteiger partial charge in [-0.15, -0.1) is 0 Å². The van der Waals surface area contributed by atoms with Crippen molar-refractivity contribution in [2.45, 2.75) is 32.7 Å². The molecule has 1 aromatic heterocycles. The Morgan fingerprint density at radius 2 is 2.20 bits per heavy atom. The largest absolute Gasteiger partial charge is 0.478 e. The summed E-state index contributed by atoms with van der Waals surface area (Å²) >= 11 is 5.76. The number of unbranched alkanes of at least 4 members (excludes halogenated alkanes) is 1. The SMILES string of the molecule is CC(C)N(C)CCCCNc1cc(C(=O)O)c(Cl)cn1. The molecule has 0 aliphatic heterocycles. The van der Waals surface area contributed by atoms with Crippen LogP contribution >= 0.6 is 11.6 Å². The molecule has 0 unspecified atom stereocenters. The maximum Gasteiger partial charge on any atom is 0.337 e. The summed E-state index contributed by atoms with van der Waals surface area (Å²) in [4.78, 5) is 17.3. The van der Waals surface area contributed by atoms with E-state index in [1.54, 1.807) is 0 Å². The van der Waals surface area contributed by atoms with Crippen molar-refractivity contribution in [2.24, 2.45) is 0 Å². The molecule has 112 valence electrons. The van der Waals surface area contributed by atoms with E-state index < -0.39 is 5.97 Å². The van der Waals surface area contributed by atoms with E-state index in [2.05, 4.69) is 36.1 Å². The van der Waals surface area contributed by atoms with Crippen molar-refractivity contribution < 1.29 is 9.90 Å². The molecular formula is C14H22ClN3O2. The molecule has 6 heteroatoms. The average Bonchev–Trinajstić information content (AvgIpc) is 2.39. The summed E-state index contributed by atoms with van der Waals surface area (Å²) in [6, 6.07) is 2.02. The van der Waals surface area contributed by atoms with E-state index in [4.69, 9.17) is 16.7 Å². The van der Waals surface area contributed by atoms with E-state index in [0.717, 1.165) is 25.9 Å². The maximum absolute atomic E-state index is 10.9. The van der Waals surface area contributed by atoms with Gasteiger partial charge in [-0.25, -0.2) is 9.78 Å². The van der Waals surface area contributed by atoms with Gasteiger partial charge in [0.25, 0.3) is 0 Å². The zero-order valence-corrected chi connectivity index (χ0v) is 12.9. The summed E-state index contributed by atoms with van der Waals surface area (Å²) in [5.41, 5.74) is 0.0729. The molecule has 0 radical (unpaired) electrons. The van der Waals surface area contributed by atoms with Gasteiger partial charge in [0.1, 0.15) is 5.82 Å². The molecule has 0 aromatic carbocycles. The number of anilines is 1. The number of hydrogen-bond donors (Lipinski definition) is 2. The van der Waals surface area contributed by atoms with Crippen molar-refractivity contribution >= 4 is 23.4 Å². The molecule has 0 saturated heterocycles. The average molecular weight is 300 g/mol. The van der Waals surface area contributed by atoms with Gasteiger partial charge in [0.2, 0.25) is 0 Å². The second-order valence-electron chi connectivity index (χ2n) is 5.06. The van der Waals surface area contributed by atoms with Crippen LogP contribution in [0.25, 0.3) is 0 Å². The molecule has 1 aromatic rings. The third-order valence-electron chi connectivity index (χ3n) is 3.21. The second kappa shape index (κ2) is 8.07. The van der Waals surface area contributed by atoms with Gasteiger partial charge in [-0.2, -0.15) is 0 Å². The first-order valence-corrected chi connectivity index (χ1v) is 7.12. The van der Waals surface area contributed by atoms with Crippen molar-refractivity contribution in [1.82, 2.24) is 9.88 Å². The number of aromatic carboxylic acids is 1. The molecular weight excluding hydrogens is 278 g/mol. The third-order valence-corrected chi connectivity index (χ3v) is 3.51. The molecule has 0 saturated carbocycles. The Labute approximate surface area is 125 Å². The number of nitrogens with zero attached hydrogens (tertiary/aromatic N) is 2. The van der Waals surface area contributed by atoms with Gasteiger partial charge in [0.15, 0.2) is 0 Å². The smallest absolute Gasteiger partial charge is 0.337 e. The number of pyridine rings is 1. The first-order valence-electron chi connectivity index (χ1n) is 6.74. The predicted molar refractivity (Wildman–Crippen MR) is 81.7 cm³/mol. The normalized spacial score (nSPS) is 11.1. The highest BCUT2D eigenvalue weighted by Crippen LogP contribution is 2.17. The van der Waals surface area contributed by atoms with E-state index in [9.17, 15) is 4.79 Å². The lowest BCUT2D eigenvalue weighted by atomic mass is 10.2. The Kier molecular flexibility index (Phi) is 6.75. The minimum atomic E-state index is -1.04. The van der Waals surface area contributed by atoms with Crippen LogP contribution in [-0.2, 0) is 0 Å². The van der Waals surface area contributed by atoms with Gasteiger partial charge in [0, 0.05) is 18.8 Å². The number of hydrogen-bond acceptors (Lipinski definition) is 4. The van der Waals surface area contributed by atoms with Crippen LogP contribution in [0.4, 0.5) is 5.82 Å². The summed E-state index contributed by atoms with van der Waals surface area (Å²) in [5.74, 6) is -0.497. The highest BCUT2D eigenvalue weighted by Gasteiger charge is 2.10. The number of carboxylic acid groups (broad SMARTS) is 1. The summed E-state index contributed by atoms with van der Waals surface area (Å²) in [6.45, 7) is 6.15. The summed E-state index contributed by atoms with van der Waals surface area (Å²) < 4.78 is 0. The van der Waals surface area contributed by atoms with Crippen LogP contribution in [-0.4, -0.2) is 47.1 Å². The van der Waals surface area contributed by atoms with Gasteiger partial charge in [-0.3, -0.25) is 0 Å². The molecule has 0 spiro atoms. The first kappa shape index (κ1) is 16.7. The van der Waals surface area contributed by atoms with E-state index in [-0.39, 0.29) is 10.6 Å². The fourth-order valence-corrected chi connectivity index (χ4v) is 1.84. The monoisotopic (exact) mass is 299 g/mol. The van der Waals surface area contributed by atoms with Crippen LogP contribution in [0.3, 0.4) is 0 Å². The molecule has 0 amide bonds. The molecule has 20 heavy (non-hydrogen) atoms. The van der Waals surface area contributed by atoms with Gasteiger partial charge in [-0.05, 0) is 46.3 Å². The van der Waals surface area contributed by atoms with E-state index in [1.165, 1.54) is 12.3 Å². The molecule has 0 atom stereocenters. The molecule has 0 bridgehead atoms. The first-order chi connectivity index (χ1) is 9.41. The molecule has 5 nitrogen and oxygen atoms in total. The lowest BCUT2D eigenvalue weighted by Crippen LogP contribution is -2.27. The van der Waals surface area contributed by atoms with Crippen LogP contribution in [0.1, 0.15) is 37.0 Å². The lowest BCUT2D eigenvalue weighted by Gasteiger charge is -2.20.